The number of rotatable bonds is 6. The Morgan fingerprint density at radius 3 is 2.86 bits per heavy atom. The molecule has 7 heteroatoms. The minimum absolute atomic E-state index is 0.0417. The number of aromatic nitrogens is 4. The molecule has 0 spiro atoms. The summed E-state index contributed by atoms with van der Waals surface area (Å²) >= 11 is 1.43. The van der Waals surface area contributed by atoms with Crippen LogP contribution in [-0.4, -0.2) is 31.3 Å². The number of H-pyrrole nitrogens is 1. The van der Waals surface area contributed by atoms with Crippen molar-refractivity contribution in [3.05, 3.63) is 36.0 Å². The van der Waals surface area contributed by atoms with E-state index < -0.39 is 0 Å². The van der Waals surface area contributed by atoms with Crippen LogP contribution in [0.5, 0.6) is 0 Å². The predicted octanol–water partition coefficient (Wildman–Crippen LogP) is 2.26. The molecule has 0 bridgehead atoms. The fourth-order valence-electron chi connectivity index (χ4n) is 1.81. The summed E-state index contributed by atoms with van der Waals surface area (Å²) in [6, 6.07) is 5.48. The van der Waals surface area contributed by atoms with Gasteiger partial charge in [-0.1, -0.05) is 24.8 Å². The van der Waals surface area contributed by atoms with Crippen LogP contribution in [0.2, 0.25) is 0 Å². The van der Waals surface area contributed by atoms with E-state index in [9.17, 15) is 4.79 Å². The minimum atomic E-state index is -0.228. The molecule has 0 radical (unpaired) electrons. The minimum Gasteiger partial charge on any atom is -0.345 e. The van der Waals surface area contributed by atoms with Crippen molar-refractivity contribution >= 4 is 17.7 Å². The average Bonchev–Trinajstić information content (AvgIpc) is 2.92. The van der Waals surface area contributed by atoms with Gasteiger partial charge in [0.05, 0.1) is 16.3 Å². The summed E-state index contributed by atoms with van der Waals surface area (Å²) in [4.78, 5) is 20.8. The van der Waals surface area contributed by atoms with Gasteiger partial charge in [0.2, 0.25) is 5.91 Å². The van der Waals surface area contributed by atoms with E-state index in [0.29, 0.717) is 5.82 Å². The van der Waals surface area contributed by atoms with Gasteiger partial charge in [-0.25, -0.2) is 9.97 Å². The molecule has 21 heavy (non-hydrogen) atoms. The van der Waals surface area contributed by atoms with Crippen molar-refractivity contribution < 1.29 is 4.79 Å². The summed E-state index contributed by atoms with van der Waals surface area (Å²) in [6.07, 6.45) is 2.46. The van der Waals surface area contributed by atoms with E-state index in [1.165, 1.54) is 11.8 Å². The lowest BCUT2D eigenvalue weighted by Gasteiger charge is -2.17. The second-order valence-corrected chi connectivity index (χ2v) is 6.04. The predicted molar refractivity (Wildman–Crippen MR) is 81.9 cm³/mol. The third kappa shape index (κ3) is 4.29. The fourth-order valence-corrected chi connectivity index (χ4v) is 2.62. The molecular formula is C14H19N5OS. The molecule has 0 aliphatic carbocycles. The lowest BCUT2D eigenvalue weighted by Crippen LogP contribution is -2.34. The highest BCUT2D eigenvalue weighted by Crippen LogP contribution is 2.21. The molecule has 0 saturated carbocycles. The normalized spacial score (nSPS) is 13.7. The van der Waals surface area contributed by atoms with Gasteiger partial charge < -0.3 is 5.32 Å². The highest BCUT2D eigenvalue weighted by molar-refractivity contribution is 8.00. The van der Waals surface area contributed by atoms with Crippen LogP contribution in [0.1, 0.15) is 38.0 Å². The Bertz CT molecular complexity index is 586. The van der Waals surface area contributed by atoms with Crippen LogP contribution in [0, 0.1) is 6.92 Å². The zero-order valence-electron chi connectivity index (χ0n) is 12.3. The smallest absolute Gasteiger partial charge is 0.233 e. The van der Waals surface area contributed by atoms with Crippen LogP contribution in [0.25, 0.3) is 0 Å². The number of aryl methyl sites for hydroxylation is 1. The van der Waals surface area contributed by atoms with Crippen molar-refractivity contribution in [1.82, 2.24) is 25.5 Å². The zero-order chi connectivity index (χ0) is 15.2. The van der Waals surface area contributed by atoms with E-state index in [2.05, 4.69) is 25.5 Å². The SMILES string of the molecule is CC[C@H](NC(=O)[C@@H](C)Sc1ccccn1)c1n[nH]c(C)n1. The van der Waals surface area contributed by atoms with Gasteiger partial charge in [-0.05, 0) is 32.4 Å². The van der Waals surface area contributed by atoms with Crippen molar-refractivity contribution in [3.63, 3.8) is 0 Å². The Morgan fingerprint density at radius 2 is 2.29 bits per heavy atom. The molecule has 112 valence electrons. The molecular weight excluding hydrogens is 286 g/mol. The van der Waals surface area contributed by atoms with Gasteiger partial charge in [0.1, 0.15) is 5.82 Å². The molecule has 6 nitrogen and oxygen atoms in total. The number of aromatic amines is 1. The monoisotopic (exact) mass is 305 g/mol. The first-order valence-corrected chi connectivity index (χ1v) is 7.75. The highest BCUT2D eigenvalue weighted by atomic mass is 32.2. The number of nitrogens with one attached hydrogen (secondary N) is 2. The number of carbonyl (C=O) groups excluding carboxylic acids is 1. The van der Waals surface area contributed by atoms with E-state index in [-0.39, 0.29) is 17.2 Å². The Morgan fingerprint density at radius 1 is 1.48 bits per heavy atom. The van der Waals surface area contributed by atoms with Gasteiger partial charge >= 0.3 is 0 Å². The van der Waals surface area contributed by atoms with Gasteiger partial charge in [-0.15, -0.1) is 0 Å². The van der Waals surface area contributed by atoms with Gasteiger partial charge in [0, 0.05) is 6.20 Å². The van der Waals surface area contributed by atoms with E-state index in [1.54, 1.807) is 6.20 Å². The van der Waals surface area contributed by atoms with Gasteiger partial charge in [0.15, 0.2) is 5.82 Å². The van der Waals surface area contributed by atoms with Gasteiger partial charge in [0.25, 0.3) is 0 Å². The lowest BCUT2D eigenvalue weighted by atomic mass is 10.2. The summed E-state index contributed by atoms with van der Waals surface area (Å²) in [7, 11) is 0. The summed E-state index contributed by atoms with van der Waals surface area (Å²) in [5.74, 6) is 1.33. The topological polar surface area (TPSA) is 83.6 Å². The van der Waals surface area contributed by atoms with Crippen LogP contribution in [-0.2, 0) is 4.79 Å². The third-order valence-corrected chi connectivity index (χ3v) is 4.01. The first-order chi connectivity index (χ1) is 10.1. The number of nitrogens with zero attached hydrogens (tertiary/aromatic N) is 3. The van der Waals surface area contributed by atoms with E-state index >= 15 is 0 Å². The second kappa shape index (κ2) is 7.21. The Kier molecular flexibility index (Phi) is 5.32. The zero-order valence-corrected chi connectivity index (χ0v) is 13.1. The lowest BCUT2D eigenvalue weighted by molar-refractivity contribution is -0.121. The van der Waals surface area contributed by atoms with Crippen molar-refractivity contribution in [2.75, 3.05) is 0 Å². The summed E-state index contributed by atoms with van der Waals surface area (Å²) in [5, 5.41) is 10.5. The molecule has 0 unspecified atom stereocenters. The fraction of sp³-hybridized carbons (Fsp3) is 0.429. The van der Waals surface area contributed by atoms with Crippen LogP contribution in [0.15, 0.2) is 29.4 Å². The number of amides is 1. The van der Waals surface area contributed by atoms with Crippen molar-refractivity contribution in [3.8, 4) is 0 Å². The standard InChI is InChI=1S/C14H19N5OS/c1-4-11(13-16-10(3)18-19-13)17-14(20)9(2)21-12-7-5-6-8-15-12/h5-9,11H,4H2,1-3H3,(H,17,20)(H,16,18,19)/t9-,11+/m1/s1. The number of hydrogen-bond donors (Lipinski definition) is 2. The summed E-state index contributed by atoms with van der Waals surface area (Å²) in [5.41, 5.74) is 0. The Balaban J connectivity index is 1.96. The highest BCUT2D eigenvalue weighted by Gasteiger charge is 2.21. The van der Waals surface area contributed by atoms with Crippen LogP contribution in [0.3, 0.4) is 0 Å². The van der Waals surface area contributed by atoms with Crippen LogP contribution in [0.4, 0.5) is 0 Å². The molecule has 0 aliphatic rings. The molecule has 2 atom stereocenters. The molecule has 2 aromatic rings. The maximum atomic E-state index is 12.3. The van der Waals surface area contributed by atoms with Crippen LogP contribution < -0.4 is 5.32 Å². The van der Waals surface area contributed by atoms with E-state index in [1.807, 2.05) is 39.0 Å². The molecule has 0 saturated heterocycles. The third-order valence-electron chi connectivity index (χ3n) is 2.96. The molecule has 0 fully saturated rings. The van der Waals surface area contributed by atoms with Crippen molar-refractivity contribution in [2.45, 2.75) is 43.5 Å². The maximum absolute atomic E-state index is 12.3. The number of thioether (sulfide) groups is 1. The first-order valence-electron chi connectivity index (χ1n) is 6.87. The molecule has 2 heterocycles. The number of hydrogen-bond acceptors (Lipinski definition) is 5. The number of carbonyl (C=O) groups is 1. The summed E-state index contributed by atoms with van der Waals surface area (Å²) < 4.78 is 0. The summed E-state index contributed by atoms with van der Waals surface area (Å²) in [6.45, 7) is 5.70. The Labute approximate surface area is 128 Å². The molecule has 0 aromatic carbocycles. The van der Waals surface area contributed by atoms with Gasteiger partial charge in [-0.2, -0.15) is 5.10 Å². The van der Waals surface area contributed by atoms with E-state index in [4.69, 9.17) is 0 Å². The molecule has 1 amide bonds. The van der Waals surface area contributed by atoms with Crippen molar-refractivity contribution in [1.29, 1.82) is 0 Å². The molecule has 2 aromatic heterocycles. The quantitative estimate of drug-likeness (QED) is 0.800. The maximum Gasteiger partial charge on any atom is 0.233 e. The average molecular weight is 305 g/mol. The van der Waals surface area contributed by atoms with Crippen LogP contribution >= 0.6 is 11.8 Å². The molecule has 0 aliphatic heterocycles. The van der Waals surface area contributed by atoms with Crippen molar-refractivity contribution in [2.24, 2.45) is 0 Å². The largest absolute Gasteiger partial charge is 0.345 e. The second-order valence-electron chi connectivity index (χ2n) is 4.68. The first kappa shape index (κ1) is 15.5. The number of pyridine rings is 1. The molecule has 2 rings (SSSR count). The van der Waals surface area contributed by atoms with E-state index in [0.717, 1.165) is 17.3 Å². The molecule has 2 N–H and O–H groups in total. The van der Waals surface area contributed by atoms with Gasteiger partial charge in [-0.3, -0.25) is 9.89 Å². The Hall–Kier alpha value is -1.89.